The Morgan fingerprint density at radius 2 is 2.00 bits per heavy atom. The Morgan fingerprint density at radius 3 is 2.71 bits per heavy atom. The number of likely N-dealkylation sites (tertiary alicyclic amines) is 1. The van der Waals surface area contributed by atoms with Crippen molar-refractivity contribution in [3.05, 3.63) is 35.9 Å². The van der Waals surface area contributed by atoms with E-state index in [4.69, 9.17) is 0 Å². The molecule has 0 aliphatic carbocycles. The molecule has 1 aromatic rings. The minimum absolute atomic E-state index is 0.0200. The van der Waals surface area contributed by atoms with Crippen molar-refractivity contribution >= 4 is 17.8 Å². The third-order valence-electron chi connectivity index (χ3n) is 4.16. The second-order valence-electron chi connectivity index (χ2n) is 5.88. The van der Waals surface area contributed by atoms with Crippen LogP contribution in [0.2, 0.25) is 0 Å². The number of nitrogens with one attached hydrogen (secondary N) is 1. The van der Waals surface area contributed by atoms with Gasteiger partial charge in [-0.25, -0.2) is 0 Å². The highest BCUT2D eigenvalue weighted by Gasteiger charge is 2.33. The van der Waals surface area contributed by atoms with Gasteiger partial charge in [-0.15, -0.1) is 0 Å². The fourth-order valence-corrected chi connectivity index (χ4v) is 2.87. The number of esters is 1. The molecule has 0 unspecified atom stereocenters. The molecular weight excluding hydrogens is 308 g/mol. The molecule has 2 amide bonds. The van der Waals surface area contributed by atoms with E-state index in [9.17, 15) is 14.4 Å². The Hall–Kier alpha value is -2.37. The van der Waals surface area contributed by atoms with Crippen molar-refractivity contribution in [1.29, 1.82) is 0 Å². The lowest BCUT2D eigenvalue weighted by Gasteiger charge is -2.24. The molecule has 1 N–H and O–H groups in total. The summed E-state index contributed by atoms with van der Waals surface area (Å²) in [6.45, 7) is 1.02. The van der Waals surface area contributed by atoms with Crippen molar-refractivity contribution in [1.82, 2.24) is 10.2 Å². The highest BCUT2D eigenvalue weighted by Crippen LogP contribution is 2.19. The summed E-state index contributed by atoms with van der Waals surface area (Å²) in [6.07, 6.45) is 2.64. The Bertz CT molecular complexity index is 574. The molecule has 1 aliphatic rings. The van der Waals surface area contributed by atoms with Gasteiger partial charge in [-0.2, -0.15) is 0 Å². The molecule has 1 saturated heterocycles. The summed E-state index contributed by atoms with van der Waals surface area (Å²) in [4.78, 5) is 37.5. The summed E-state index contributed by atoms with van der Waals surface area (Å²) in [7, 11) is 1.34. The van der Waals surface area contributed by atoms with Crippen LogP contribution in [0.3, 0.4) is 0 Å². The van der Waals surface area contributed by atoms with Gasteiger partial charge < -0.3 is 15.0 Å². The molecular formula is C18H24N2O4. The molecule has 130 valence electrons. The van der Waals surface area contributed by atoms with Gasteiger partial charge in [-0.3, -0.25) is 14.4 Å². The second-order valence-corrected chi connectivity index (χ2v) is 5.88. The predicted molar refractivity (Wildman–Crippen MR) is 89.1 cm³/mol. The number of nitrogens with zero attached hydrogens (tertiary/aromatic N) is 1. The standard InChI is InChI=1S/C18H24N2O4/c1-24-17(22)10-5-11-19-18(23)15-9-6-12-20(15)16(21)13-14-7-3-2-4-8-14/h2-4,7-8,15H,5-6,9-13H2,1H3,(H,19,23)/t15-/m1/s1. The third kappa shape index (κ3) is 5.08. The van der Waals surface area contributed by atoms with Gasteiger partial charge in [0.1, 0.15) is 6.04 Å². The molecule has 1 aliphatic heterocycles. The monoisotopic (exact) mass is 332 g/mol. The van der Waals surface area contributed by atoms with E-state index in [2.05, 4.69) is 10.1 Å². The second kappa shape index (κ2) is 9.05. The van der Waals surface area contributed by atoms with E-state index in [1.807, 2.05) is 30.3 Å². The van der Waals surface area contributed by atoms with E-state index in [1.54, 1.807) is 4.90 Å². The van der Waals surface area contributed by atoms with Crippen LogP contribution in [-0.2, 0) is 25.5 Å². The Labute approximate surface area is 142 Å². The maximum Gasteiger partial charge on any atom is 0.305 e. The van der Waals surface area contributed by atoms with Gasteiger partial charge in [-0.1, -0.05) is 30.3 Å². The maximum absolute atomic E-state index is 12.5. The molecule has 1 fully saturated rings. The summed E-state index contributed by atoms with van der Waals surface area (Å²) in [5.74, 6) is -0.447. The molecule has 0 saturated carbocycles. The van der Waals surface area contributed by atoms with Crippen LogP contribution in [0, 0.1) is 0 Å². The summed E-state index contributed by atoms with van der Waals surface area (Å²) in [5, 5.41) is 2.81. The van der Waals surface area contributed by atoms with E-state index < -0.39 is 6.04 Å². The highest BCUT2D eigenvalue weighted by atomic mass is 16.5. The van der Waals surface area contributed by atoms with Crippen LogP contribution in [0.25, 0.3) is 0 Å². The van der Waals surface area contributed by atoms with Crippen LogP contribution in [0.5, 0.6) is 0 Å². The summed E-state index contributed by atoms with van der Waals surface area (Å²) < 4.78 is 4.56. The molecule has 24 heavy (non-hydrogen) atoms. The molecule has 0 spiro atoms. The lowest BCUT2D eigenvalue weighted by molar-refractivity contribution is -0.140. The molecule has 0 radical (unpaired) electrons. The number of amides is 2. The number of rotatable bonds is 7. The average Bonchev–Trinajstić information content (AvgIpc) is 3.09. The number of hydrogen-bond donors (Lipinski definition) is 1. The van der Waals surface area contributed by atoms with Gasteiger partial charge in [0.15, 0.2) is 0 Å². The van der Waals surface area contributed by atoms with Crippen molar-refractivity contribution in [2.24, 2.45) is 0 Å². The van der Waals surface area contributed by atoms with Gasteiger partial charge in [0.2, 0.25) is 11.8 Å². The largest absolute Gasteiger partial charge is 0.469 e. The number of ether oxygens (including phenoxy) is 1. The molecule has 1 aromatic carbocycles. The molecule has 6 nitrogen and oxygen atoms in total. The van der Waals surface area contributed by atoms with E-state index in [1.165, 1.54) is 7.11 Å². The zero-order valence-corrected chi connectivity index (χ0v) is 14.0. The summed E-state index contributed by atoms with van der Waals surface area (Å²) >= 11 is 0. The van der Waals surface area contributed by atoms with Crippen LogP contribution in [0.4, 0.5) is 0 Å². The first-order chi connectivity index (χ1) is 11.6. The first-order valence-electron chi connectivity index (χ1n) is 8.29. The number of carbonyl (C=O) groups is 3. The SMILES string of the molecule is COC(=O)CCCNC(=O)[C@H]1CCCN1C(=O)Cc1ccccc1. The average molecular weight is 332 g/mol. The van der Waals surface area contributed by atoms with Crippen LogP contribution in [0.15, 0.2) is 30.3 Å². The number of carbonyl (C=O) groups excluding carboxylic acids is 3. The zero-order chi connectivity index (χ0) is 17.4. The smallest absolute Gasteiger partial charge is 0.305 e. The Balaban J connectivity index is 1.82. The molecule has 1 heterocycles. The number of methoxy groups -OCH3 is 1. The minimum atomic E-state index is -0.403. The quantitative estimate of drug-likeness (QED) is 0.603. The van der Waals surface area contributed by atoms with Gasteiger partial charge in [0.05, 0.1) is 13.5 Å². The molecule has 0 aromatic heterocycles. The summed E-state index contributed by atoms with van der Waals surface area (Å²) in [6, 6.07) is 9.13. The van der Waals surface area contributed by atoms with Crippen LogP contribution in [-0.4, -0.2) is 48.9 Å². The zero-order valence-electron chi connectivity index (χ0n) is 14.0. The third-order valence-corrected chi connectivity index (χ3v) is 4.16. The lowest BCUT2D eigenvalue weighted by atomic mass is 10.1. The van der Waals surface area contributed by atoms with Crippen molar-refractivity contribution in [2.75, 3.05) is 20.2 Å². The first kappa shape index (κ1) is 18.0. The predicted octanol–water partition coefficient (Wildman–Crippen LogP) is 1.29. The molecule has 1 atom stereocenters. The number of hydrogen-bond acceptors (Lipinski definition) is 4. The van der Waals surface area contributed by atoms with Crippen LogP contribution >= 0.6 is 0 Å². The van der Waals surface area contributed by atoms with Gasteiger partial charge in [0, 0.05) is 19.5 Å². The molecule has 0 bridgehead atoms. The van der Waals surface area contributed by atoms with Crippen LogP contribution < -0.4 is 5.32 Å². The normalized spacial score (nSPS) is 16.7. The number of benzene rings is 1. The first-order valence-corrected chi connectivity index (χ1v) is 8.29. The van der Waals surface area contributed by atoms with Gasteiger partial charge >= 0.3 is 5.97 Å². The van der Waals surface area contributed by atoms with Crippen molar-refractivity contribution in [3.63, 3.8) is 0 Å². The fourth-order valence-electron chi connectivity index (χ4n) is 2.87. The topological polar surface area (TPSA) is 75.7 Å². The summed E-state index contributed by atoms with van der Waals surface area (Å²) in [5.41, 5.74) is 0.951. The Kier molecular flexibility index (Phi) is 6.78. The van der Waals surface area contributed by atoms with E-state index in [0.29, 0.717) is 32.4 Å². The minimum Gasteiger partial charge on any atom is -0.469 e. The van der Waals surface area contributed by atoms with Gasteiger partial charge in [0.25, 0.3) is 0 Å². The highest BCUT2D eigenvalue weighted by molar-refractivity contribution is 5.89. The van der Waals surface area contributed by atoms with E-state index in [-0.39, 0.29) is 24.2 Å². The van der Waals surface area contributed by atoms with E-state index >= 15 is 0 Å². The maximum atomic E-state index is 12.5. The fraction of sp³-hybridized carbons (Fsp3) is 0.500. The van der Waals surface area contributed by atoms with Crippen molar-refractivity contribution in [2.45, 2.75) is 38.1 Å². The van der Waals surface area contributed by atoms with Crippen molar-refractivity contribution < 1.29 is 19.1 Å². The lowest BCUT2D eigenvalue weighted by Crippen LogP contribution is -2.46. The van der Waals surface area contributed by atoms with Crippen LogP contribution in [0.1, 0.15) is 31.2 Å². The Morgan fingerprint density at radius 1 is 1.25 bits per heavy atom. The van der Waals surface area contributed by atoms with E-state index in [0.717, 1.165) is 12.0 Å². The molecule has 2 rings (SSSR count). The van der Waals surface area contributed by atoms with Crippen molar-refractivity contribution in [3.8, 4) is 0 Å². The molecule has 6 heteroatoms. The van der Waals surface area contributed by atoms with Gasteiger partial charge in [-0.05, 0) is 24.8 Å².